The summed E-state index contributed by atoms with van der Waals surface area (Å²) >= 11 is 5.73. The topological polar surface area (TPSA) is 20.3 Å². The molecule has 1 unspecified atom stereocenters. The summed E-state index contributed by atoms with van der Waals surface area (Å²) in [4.78, 5) is 13.5. The minimum absolute atomic E-state index is 0.324. The quantitative estimate of drug-likeness (QED) is 0.602. The summed E-state index contributed by atoms with van der Waals surface area (Å²) in [5.41, 5.74) is 0. The molecule has 0 N–H and O–H groups in total. The van der Waals surface area contributed by atoms with Crippen molar-refractivity contribution in [3.05, 3.63) is 0 Å². The molecular formula is C9H14ClNO. The van der Waals surface area contributed by atoms with Crippen molar-refractivity contribution >= 4 is 17.5 Å². The Labute approximate surface area is 77.9 Å². The second-order valence-electron chi connectivity index (χ2n) is 3.86. The van der Waals surface area contributed by atoms with Gasteiger partial charge in [-0.15, -0.1) is 11.6 Å². The highest BCUT2D eigenvalue weighted by Gasteiger charge is 2.35. The van der Waals surface area contributed by atoms with E-state index in [1.54, 1.807) is 0 Å². The number of amides is 1. The fraction of sp³-hybridized carbons (Fsp3) is 0.889. The number of nitrogens with zero attached hydrogens (tertiary/aromatic N) is 1. The molecule has 1 aliphatic heterocycles. The summed E-state index contributed by atoms with van der Waals surface area (Å²) in [7, 11) is 0. The van der Waals surface area contributed by atoms with E-state index in [9.17, 15) is 4.79 Å². The van der Waals surface area contributed by atoms with Crippen LogP contribution in [0.15, 0.2) is 0 Å². The molecule has 2 fully saturated rings. The van der Waals surface area contributed by atoms with Crippen molar-refractivity contribution < 1.29 is 4.79 Å². The summed E-state index contributed by atoms with van der Waals surface area (Å²) in [6.07, 6.45) is 4.39. The average molecular weight is 188 g/mol. The van der Waals surface area contributed by atoms with E-state index in [-0.39, 0.29) is 0 Å². The molecule has 1 saturated heterocycles. The van der Waals surface area contributed by atoms with Crippen LogP contribution in [0.2, 0.25) is 0 Å². The molecule has 0 aromatic carbocycles. The Morgan fingerprint density at radius 1 is 1.50 bits per heavy atom. The lowest BCUT2D eigenvalue weighted by Gasteiger charge is -2.34. The maximum atomic E-state index is 11.4. The third-order valence-corrected chi connectivity index (χ3v) is 3.41. The maximum absolute atomic E-state index is 11.4. The molecule has 0 aromatic rings. The van der Waals surface area contributed by atoms with E-state index in [1.807, 2.05) is 4.90 Å². The van der Waals surface area contributed by atoms with E-state index < -0.39 is 0 Å². The van der Waals surface area contributed by atoms with Crippen molar-refractivity contribution in [2.75, 3.05) is 12.4 Å². The van der Waals surface area contributed by atoms with Gasteiger partial charge in [0.25, 0.3) is 0 Å². The van der Waals surface area contributed by atoms with Crippen LogP contribution in [0.3, 0.4) is 0 Å². The number of carbonyl (C=O) groups excluding carboxylic acids is 1. The number of rotatable bonds is 2. The molecule has 0 radical (unpaired) electrons. The molecule has 1 amide bonds. The first-order chi connectivity index (χ1) is 5.81. The number of carbonyl (C=O) groups is 1. The smallest absolute Gasteiger partial charge is 0.223 e. The zero-order valence-electron chi connectivity index (χ0n) is 7.13. The van der Waals surface area contributed by atoms with Crippen molar-refractivity contribution in [3.8, 4) is 0 Å². The summed E-state index contributed by atoms with van der Waals surface area (Å²) in [6.45, 7) is 0.910. The Bertz CT molecular complexity index is 191. The molecule has 12 heavy (non-hydrogen) atoms. The van der Waals surface area contributed by atoms with Crippen LogP contribution < -0.4 is 0 Å². The minimum Gasteiger partial charge on any atom is -0.339 e. The predicted octanol–water partition coefficient (Wildman–Crippen LogP) is 1.63. The highest BCUT2D eigenvalue weighted by atomic mass is 35.5. The molecule has 2 aliphatic rings. The van der Waals surface area contributed by atoms with Crippen molar-refractivity contribution in [3.63, 3.8) is 0 Å². The van der Waals surface area contributed by atoms with Gasteiger partial charge in [-0.05, 0) is 25.2 Å². The van der Waals surface area contributed by atoms with Crippen LogP contribution in [0.4, 0.5) is 0 Å². The van der Waals surface area contributed by atoms with Crippen LogP contribution in [0, 0.1) is 5.92 Å². The molecule has 1 atom stereocenters. The van der Waals surface area contributed by atoms with E-state index in [0.29, 0.717) is 30.2 Å². The number of hydrogen-bond donors (Lipinski definition) is 0. The molecule has 68 valence electrons. The van der Waals surface area contributed by atoms with Gasteiger partial charge in [-0.3, -0.25) is 4.79 Å². The van der Waals surface area contributed by atoms with Crippen molar-refractivity contribution in [1.29, 1.82) is 0 Å². The predicted molar refractivity (Wildman–Crippen MR) is 48.2 cm³/mol. The summed E-state index contributed by atoms with van der Waals surface area (Å²) in [5.74, 6) is 1.37. The van der Waals surface area contributed by atoms with Gasteiger partial charge in [0.05, 0.1) is 0 Å². The first-order valence-corrected chi connectivity index (χ1v) is 5.20. The van der Waals surface area contributed by atoms with Gasteiger partial charge in [0.1, 0.15) is 0 Å². The number of likely N-dealkylation sites (tertiary alicyclic amines) is 1. The van der Waals surface area contributed by atoms with E-state index >= 15 is 0 Å². The molecule has 1 saturated carbocycles. The zero-order valence-corrected chi connectivity index (χ0v) is 7.89. The Kier molecular flexibility index (Phi) is 2.26. The first kappa shape index (κ1) is 8.36. The van der Waals surface area contributed by atoms with Gasteiger partial charge in [0.15, 0.2) is 0 Å². The van der Waals surface area contributed by atoms with Gasteiger partial charge in [-0.1, -0.05) is 0 Å². The Hall–Kier alpha value is -0.240. The molecule has 0 bridgehead atoms. The van der Waals surface area contributed by atoms with Crippen LogP contribution in [0.25, 0.3) is 0 Å². The van der Waals surface area contributed by atoms with E-state index in [0.717, 1.165) is 6.54 Å². The zero-order chi connectivity index (χ0) is 8.55. The van der Waals surface area contributed by atoms with Gasteiger partial charge in [0.2, 0.25) is 5.91 Å². The van der Waals surface area contributed by atoms with Gasteiger partial charge in [-0.2, -0.15) is 0 Å². The maximum Gasteiger partial charge on any atom is 0.223 e. The fourth-order valence-electron chi connectivity index (χ4n) is 1.96. The van der Waals surface area contributed by atoms with Crippen molar-refractivity contribution in [2.45, 2.75) is 31.7 Å². The molecule has 2 nitrogen and oxygen atoms in total. The molecular weight excluding hydrogens is 174 g/mol. The third-order valence-electron chi connectivity index (χ3n) is 2.97. The van der Waals surface area contributed by atoms with Gasteiger partial charge in [-0.25, -0.2) is 0 Å². The van der Waals surface area contributed by atoms with Crippen LogP contribution in [-0.2, 0) is 4.79 Å². The SMILES string of the molecule is O=C1CC(CCl)CN1C1CCC1. The van der Waals surface area contributed by atoms with E-state index in [1.165, 1.54) is 19.3 Å². The van der Waals surface area contributed by atoms with Crippen LogP contribution in [0.5, 0.6) is 0 Å². The van der Waals surface area contributed by atoms with Gasteiger partial charge >= 0.3 is 0 Å². The highest BCUT2D eigenvalue weighted by molar-refractivity contribution is 6.18. The lowest BCUT2D eigenvalue weighted by Crippen LogP contribution is -2.41. The largest absolute Gasteiger partial charge is 0.339 e. The van der Waals surface area contributed by atoms with Crippen LogP contribution >= 0.6 is 11.6 Å². The molecule has 3 heteroatoms. The third kappa shape index (κ3) is 1.33. The van der Waals surface area contributed by atoms with E-state index in [4.69, 9.17) is 11.6 Å². The first-order valence-electron chi connectivity index (χ1n) is 4.66. The fourth-order valence-corrected chi connectivity index (χ4v) is 2.17. The van der Waals surface area contributed by atoms with Gasteiger partial charge < -0.3 is 4.90 Å². The van der Waals surface area contributed by atoms with Crippen molar-refractivity contribution in [1.82, 2.24) is 4.90 Å². The Balaban J connectivity index is 1.93. The number of hydrogen-bond acceptors (Lipinski definition) is 1. The minimum atomic E-state index is 0.324. The molecule has 1 heterocycles. The summed E-state index contributed by atoms with van der Waals surface area (Å²) < 4.78 is 0. The lowest BCUT2D eigenvalue weighted by molar-refractivity contribution is -0.131. The summed E-state index contributed by atoms with van der Waals surface area (Å²) in [5, 5.41) is 0. The van der Waals surface area contributed by atoms with Gasteiger partial charge in [0, 0.05) is 24.9 Å². The normalized spacial score (nSPS) is 30.9. The highest BCUT2D eigenvalue weighted by Crippen LogP contribution is 2.30. The van der Waals surface area contributed by atoms with Crippen molar-refractivity contribution in [2.24, 2.45) is 5.92 Å². The second-order valence-corrected chi connectivity index (χ2v) is 4.16. The Morgan fingerprint density at radius 2 is 2.25 bits per heavy atom. The van der Waals surface area contributed by atoms with E-state index in [2.05, 4.69) is 0 Å². The lowest BCUT2D eigenvalue weighted by atomic mass is 9.92. The monoisotopic (exact) mass is 187 g/mol. The number of alkyl halides is 1. The standard InChI is InChI=1S/C9H14ClNO/c10-5-7-4-9(12)11(6-7)8-2-1-3-8/h7-8H,1-6H2. The number of halogens is 1. The second kappa shape index (κ2) is 3.25. The molecule has 0 spiro atoms. The summed E-state index contributed by atoms with van der Waals surface area (Å²) in [6, 6.07) is 0.561. The average Bonchev–Trinajstić information content (AvgIpc) is 2.29. The van der Waals surface area contributed by atoms with Crippen LogP contribution in [-0.4, -0.2) is 29.3 Å². The van der Waals surface area contributed by atoms with Crippen LogP contribution in [0.1, 0.15) is 25.7 Å². The molecule has 1 aliphatic carbocycles. The Morgan fingerprint density at radius 3 is 2.67 bits per heavy atom. The molecule has 2 rings (SSSR count). The molecule has 0 aromatic heterocycles.